The van der Waals surface area contributed by atoms with Crippen molar-refractivity contribution in [2.75, 3.05) is 26.7 Å². The molecule has 2 amide bonds. The standard InChI is InChI=1S/C15H28N2O/c1-13-8-10-17(11-9-13)15(18)16(2)12-14-6-4-3-5-7-14/h13-14H,3-12H2,1-2H3. The molecule has 3 heteroatoms. The van der Waals surface area contributed by atoms with E-state index in [4.69, 9.17) is 0 Å². The molecule has 3 nitrogen and oxygen atoms in total. The third-order valence-electron chi connectivity index (χ3n) is 4.64. The number of piperidine rings is 1. The first-order valence-electron chi connectivity index (χ1n) is 7.67. The van der Waals surface area contributed by atoms with Crippen LogP contribution >= 0.6 is 0 Å². The summed E-state index contributed by atoms with van der Waals surface area (Å²) >= 11 is 0. The Labute approximate surface area is 112 Å². The van der Waals surface area contributed by atoms with Gasteiger partial charge >= 0.3 is 6.03 Å². The van der Waals surface area contributed by atoms with Gasteiger partial charge in [0.2, 0.25) is 0 Å². The van der Waals surface area contributed by atoms with E-state index in [1.165, 1.54) is 44.9 Å². The molecule has 1 saturated heterocycles. The highest BCUT2D eigenvalue weighted by molar-refractivity contribution is 5.74. The van der Waals surface area contributed by atoms with Gasteiger partial charge in [0, 0.05) is 26.7 Å². The molecular formula is C15H28N2O. The van der Waals surface area contributed by atoms with E-state index in [1.807, 2.05) is 16.8 Å². The van der Waals surface area contributed by atoms with Crippen molar-refractivity contribution in [1.82, 2.24) is 9.80 Å². The second-order valence-corrected chi connectivity index (χ2v) is 6.34. The normalized spacial score (nSPS) is 23.1. The van der Waals surface area contributed by atoms with Crippen molar-refractivity contribution in [2.24, 2.45) is 11.8 Å². The molecular weight excluding hydrogens is 224 g/mol. The van der Waals surface area contributed by atoms with Gasteiger partial charge in [-0.25, -0.2) is 4.79 Å². The lowest BCUT2D eigenvalue weighted by atomic mass is 9.89. The molecule has 1 aliphatic heterocycles. The molecule has 1 saturated carbocycles. The van der Waals surface area contributed by atoms with Crippen molar-refractivity contribution in [1.29, 1.82) is 0 Å². The van der Waals surface area contributed by atoms with Gasteiger partial charge in [-0.05, 0) is 37.5 Å². The van der Waals surface area contributed by atoms with Gasteiger partial charge in [-0.15, -0.1) is 0 Å². The zero-order valence-corrected chi connectivity index (χ0v) is 12.0. The highest BCUT2D eigenvalue weighted by Crippen LogP contribution is 2.25. The van der Waals surface area contributed by atoms with Crippen molar-refractivity contribution in [3.63, 3.8) is 0 Å². The molecule has 1 aliphatic carbocycles. The minimum Gasteiger partial charge on any atom is -0.327 e. The fraction of sp³-hybridized carbons (Fsp3) is 0.933. The van der Waals surface area contributed by atoms with Gasteiger partial charge in [-0.2, -0.15) is 0 Å². The molecule has 0 aromatic rings. The SMILES string of the molecule is CC1CCN(C(=O)N(C)CC2CCCCC2)CC1. The Morgan fingerprint density at radius 3 is 2.33 bits per heavy atom. The monoisotopic (exact) mass is 252 g/mol. The average molecular weight is 252 g/mol. The number of hydrogen-bond donors (Lipinski definition) is 0. The number of nitrogens with zero attached hydrogens (tertiary/aromatic N) is 2. The Hall–Kier alpha value is -0.730. The van der Waals surface area contributed by atoms with Crippen LogP contribution in [0.5, 0.6) is 0 Å². The van der Waals surface area contributed by atoms with Crippen LogP contribution in [0.2, 0.25) is 0 Å². The van der Waals surface area contributed by atoms with Gasteiger partial charge in [0.25, 0.3) is 0 Å². The van der Waals surface area contributed by atoms with Crippen LogP contribution in [0.4, 0.5) is 4.79 Å². The van der Waals surface area contributed by atoms with Gasteiger partial charge in [0.15, 0.2) is 0 Å². The highest BCUT2D eigenvalue weighted by atomic mass is 16.2. The van der Waals surface area contributed by atoms with Crippen LogP contribution in [0.1, 0.15) is 51.9 Å². The Kier molecular flexibility index (Phi) is 4.90. The van der Waals surface area contributed by atoms with Gasteiger partial charge < -0.3 is 9.80 Å². The largest absolute Gasteiger partial charge is 0.327 e. The van der Waals surface area contributed by atoms with E-state index in [9.17, 15) is 4.79 Å². The molecule has 2 aliphatic rings. The number of amides is 2. The van der Waals surface area contributed by atoms with Crippen LogP contribution < -0.4 is 0 Å². The molecule has 18 heavy (non-hydrogen) atoms. The summed E-state index contributed by atoms with van der Waals surface area (Å²) in [5, 5.41) is 0. The first kappa shape index (κ1) is 13.7. The predicted octanol–water partition coefficient (Wildman–Crippen LogP) is 3.35. The molecule has 0 aromatic carbocycles. The lowest BCUT2D eigenvalue weighted by molar-refractivity contribution is 0.133. The van der Waals surface area contributed by atoms with Crippen LogP contribution in [0, 0.1) is 11.8 Å². The minimum absolute atomic E-state index is 0.257. The number of carbonyl (C=O) groups is 1. The summed E-state index contributed by atoms with van der Waals surface area (Å²) in [6.07, 6.45) is 9.06. The summed E-state index contributed by atoms with van der Waals surface area (Å²) in [5.74, 6) is 1.54. The molecule has 2 rings (SSSR count). The number of hydrogen-bond acceptors (Lipinski definition) is 1. The van der Waals surface area contributed by atoms with Gasteiger partial charge in [0.05, 0.1) is 0 Å². The lowest BCUT2D eigenvalue weighted by Crippen LogP contribution is -2.46. The summed E-state index contributed by atoms with van der Waals surface area (Å²) in [7, 11) is 1.98. The smallest absolute Gasteiger partial charge is 0.319 e. The number of rotatable bonds is 2. The van der Waals surface area contributed by atoms with E-state index in [1.54, 1.807) is 0 Å². The molecule has 0 radical (unpaired) electrons. The van der Waals surface area contributed by atoms with Crippen LogP contribution in [-0.2, 0) is 0 Å². The second kappa shape index (κ2) is 6.44. The summed E-state index contributed by atoms with van der Waals surface area (Å²) in [4.78, 5) is 16.3. The van der Waals surface area contributed by atoms with Crippen molar-refractivity contribution in [3.05, 3.63) is 0 Å². The molecule has 0 N–H and O–H groups in total. The molecule has 0 atom stereocenters. The van der Waals surface area contributed by atoms with E-state index in [0.29, 0.717) is 0 Å². The van der Waals surface area contributed by atoms with E-state index >= 15 is 0 Å². The molecule has 0 bridgehead atoms. The molecule has 0 unspecified atom stereocenters. The Morgan fingerprint density at radius 2 is 1.72 bits per heavy atom. The number of likely N-dealkylation sites (tertiary alicyclic amines) is 1. The highest BCUT2D eigenvalue weighted by Gasteiger charge is 2.24. The zero-order chi connectivity index (χ0) is 13.0. The summed E-state index contributed by atoms with van der Waals surface area (Å²) in [5.41, 5.74) is 0. The molecule has 1 heterocycles. The maximum absolute atomic E-state index is 12.3. The van der Waals surface area contributed by atoms with Gasteiger partial charge in [0.1, 0.15) is 0 Å². The topological polar surface area (TPSA) is 23.6 Å². The number of urea groups is 1. The summed E-state index contributed by atoms with van der Waals surface area (Å²) in [6, 6.07) is 0.257. The van der Waals surface area contributed by atoms with E-state index in [2.05, 4.69) is 6.92 Å². The van der Waals surface area contributed by atoms with Gasteiger partial charge in [-0.1, -0.05) is 26.2 Å². The molecule has 0 aromatic heterocycles. The quantitative estimate of drug-likeness (QED) is 0.739. The van der Waals surface area contributed by atoms with Crippen molar-refractivity contribution in [3.8, 4) is 0 Å². The van der Waals surface area contributed by atoms with Crippen molar-refractivity contribution < 1.29 is 4.79 Å². The second-order valence-electron chi connectivity index (χ2n) is 6.34. The fourth-order valence-electron chi connectivity index (χ4n) is 3.28. The van der Waals surface area contributed by atoms with E-state index in [-0.39, 0.29) is 6.03 Å². The maximum atomic E-state index is 12.3. The predicted molar refractivity (Wildman–Crippen MR) is 74.6 cm³/mol. The van der Waals surface area contributed by atoms with Crippen molar-refractivity contribution in [2.45, 2.75) is 51.9 Å². The molecule has 2 fully saturated rings. The van der Waals surface area contributed by atoms with E-state index < -0.39 is 0 Å². The third kappa shape index (κ3) is 3.63. The maximum Gasteiger partial charge on any atom is 0.319 e. The first-order valence-corrected chi connectivity index (χ1v) is 7.67. The first-order chi connectivity index (χ1) is 8.66. The van der Waals surface area contributed by atoms with Gasteiger partial charge in [-0.3, -0.25) is 0 Å². The third-order valence-corrected chi connectivity index (χ3v) is 4.64. The Bertz CT molecular complexity index is 266. The lowest BCUT2D eigenvalue weighted by Gasteiger charge is -2.35. The minimum atomic E-state index is 0.257. The Morgan fingerprint density at radius 1 is 1.11 bits per heavy atom. The van der Waals surface area contributed by atoms with Crippen LogP contribution in [0.3, 0.4) is 0 Å². The van der Waals surface area contributed by atoms with Crippen LogP contribution in [0.25, 0.3) is 0 Å². The molecule has 104 valence electrons. The average Bonchev–Trinajstić information content (AvgIpc) is 2.40. The van der Waals surface area contributed by atoms with Crippen molar-refractivity contribution >= 4 is 6.03 Å². The van der Waals surface area contributed by atoms with E-state index in [0.717, 1.165) is 31.5 Å². The summed E-state index contributed by atoms with van der Waals surface area (Å²) < 4.78 is 0. The van der Waals surface area contributed by atoms with Crippen LogP contribution in [0.15, 0.2) is 0 Å². The summed E-state index contributed by atoms with van der Waals surface area (Å²) in [6.45, 7) is 5.16. The fourth-order valence-corrected chi connectivity index (χ4v) is 3.28. The van der Waals surface area contributed by atoms with Crippen LogP contribution in [-0.4, -0.2) is 42.5 Å². The zero-order valence-electron chi connectivity index (χ0n) is 12.0. The Balaban J connectivity index is 1.77. The molecule has 0 spiro atoms. The number of carbonyl (C=O) groups excluding carboxylic acids is 1.